The lowest BCUT2D eigenvalue weighted by Gasteiger charge is -2.27. The average Bonchev–Trinajstić information content (AvgIpc) is 2.31. The number of nitrogens with two attached hydrogens (primary N) is 1. The fourth-order valence-corrected chi connectivity index (χ4v) is 4.68. The lowest BCUT2D eigenvalue weighted by atomic mass is 10.0. The van der Waals surface area contributed by atoms with E-state index in [-0.39, 0.29) is 5.75 Å². The van der Waals surface area contributed by atoms with Crippen molar-refractivity contribution in [3.63, 3.8) is 0 Å². The first-order valence-corrected chi connectivity index (χ1v) is 8.15. The molecular weight excluding hydrogens is 272 g/mol. The van der Waals surface area contributed by atoms with Gasteiger partial charge in [-0.05, 0) is 30.9 Å². The maximum Gasteiger partial charge on any atom is 0.154 e. The van der Waals surface area contributed by atoms with Crippen LogP contribution < -0.4 is 5.73 Å². The van der Waals surface area contributed by atoms with Gasteiger partial charge in [0.25, 0.3) is 0 Å². The Kier molecular flexibility index (Phi) is 4.25. The van der Waals surface area contributed by atoms with E-state index < -0.39 is 21.1 Å². The maximum absolute atomic E-state index is 12.0. The molecule has 1 aromatic heterocycles. The van der Waals surface area contributed by atoms with Crippen molar-refractivity contribution in [1.82, 2.24) is 4.98 Å². The van der Waals surface area contributed by atoms with Crippen LogP contribution in [0.3, 0.4) is 0 Å². The van der Waals surface area contributed by atoms with Crippen LogP contribution in [0, 0.1) is 0 Å². The van der Waals surface area contributed by atoms with Crippen molar-refractivity contribution in [2.24, 2.45) is 5.73 Å². The summed E-state index contributed by atoms with van der Waals surface area (Å²) in [6.45, 7) is 0. The second-order valence-corrected chi connectivity index (χ2v) is 7.48. The second-order valence-electron chi connectivity index (χ2n) is 4.74. The molecule has 0 aromatic carbocycles. The summed E-state index contributed by atoms with van der Waals surface area (Å²) in [4.78, 5) is 3.90. The van der Waals surface area contributed by atoms with Gasteiger partial charge in [-0.3, -0.25) is 4.98 Å². The van der Waals surface area contributed by atoms with Crippen molar-refractivity contribution in [2.45, 2.75) is 37.0 Å². The van der Waals surface area contributed by atoms with E-state index in [1.54, 1.807) is 18.5 Å². The third kappa shape index (κ3) is 3.02. The molecule has 0 spiro atoms. The molecule has 6 heteroatoms. The lowest BCUT2D eigenvalue weighted by Crippen LogP contribution is -2.44. The molecule has 0 aliphatic carbocycles. The van der Waals surface area contributed by atoms with Gasteiger partial charge in [-0.15, -0.1) is 0 Å². The number of hydrogen-bond acceptors (Lipinski definition) is 4. The smallest absolute Gasteiger partial charge is 0.154 e. The van der Waals surface area contributed by atoms with E-state index in [1.807, 2.05) is 0 Å². The van der Waals surface area contributed by atoms with Gasteiger partial charge in [-0.25, -0.2) is 8.42 Å². The van der Waals surface area contributed by atoms with Crippen molar-refractivity contribution in [1.29, 1.82) is 0 Å². The van der Waals surface area contributed by atoms with Gasteiger partial charge in [0.05, 0.1) is 16.0 Å². The summed E-state index contributed by atoms with van der Waals surface area (Å²) in [5.41, 5.74) is 6.93. The molecule has 2 unspecified atom stereocenters. The van der Waals surface area contributed by atoms with Gasteiger partial charge >= 0.3 is 0 Å². The number of hydrogen-bond donors (Lipinski definition) is 1. The monoisotopic (exact) mass is 288 g/mol. The summed E-state index contributed by atoms with van der Waals surface area (Å²) >= 11 is 6.01. The summed E-state index contributed by atoms with van der Waals surface area (Å²) in [7, 11) is -3.04. The standard InChI is InChI=1S/C12H17ClN2O2S/c13-10-8-15-5-4-9(10)7-11(14)12-3-1-2-6-18(12,16)17/h4-5,8,11-12H,1-3,6-7,14H2. The molecule has 2 atom stereocenters. The Morgan fingerprint density at radius 2 is 2.28 bits per heavy atom. The zero-order valence-corrected chi connectivity index (χ0v) is 11.6. The van der Waals surface area contributed by atoms with E-state index in [0.29, 0.717) is 17.9 Å². The number of aromatic nitrogens is 1. The summed E-state index contributed by atoms with van der Waals surface area (Å²) in [5.74, 6) is 0.259. The van der Waals surface area contributed by atoms with Gasteiger partial charge in [-0.1, -0.05) is 18.0 Å². The molecule has 1 saturated heterocycles. The number of nitrogens with zero attached hydrogens (tertiary/aromatic N) is 1. The largest absolute Gasteiger partial charge is 0.326 e. The molecule has 2 N–H and O–H groups in total. The van der Waals surface area contributed by atoms with E-state index in [2.05, 4.69) is 4.98 Å². The second kappa shape index (κ2) is 5.55. The highest BCUT2D eigenvalue weighted by Crippen LogP contribution is 2.24. The SMILES string of the molecule is NC(Cc1ccncc1Cl)C1CCCCS1(=O)=O. The van der Waals surface area contributed by atoms with Crippen LogP contribution in [0.5, 0.6) is 0 Å². The predicted molar refractivity (Wildman–Crippen MR) is 72.4 cm³/mol. The fourth-order valence-electron chi connectivity index (χ4n) is 2.42. The third-order valence-electron chi connectivity index (χ3n) is 3.42. The normalized spacial score (nSPS) is 24.7. The van der Waals surface area contributed by atoms with E-state index in [4.69, 9.17) is 17.3 Å². The van der Waals surface area contributed by atoms with Crippen molar-refractivity contribution in [2.75, 3.05) is 5.75 Å². The minimum absolute atomic E-state index is 0.259. The molecule has 2 rings (SSSR count). The molecule has 18 heavy (non-hydrogen) atoms. The zero-order valence-electron chi connectivity index (χ0n) is 10.0. The van der Waals surface area contributed by atoms with Gasteiger partial charge in [0, 0.05) is 18.4 Å². The number of halogens is 1. The van der Waals surface area contributed by atoms with Crippen LogP contribution in [-0.4, -0.2) is 30.4 Å². The molecule has 1 aliphatic heterocycles. The minimum atomic E-state index is -3.04. The van der Waals surface area contributed by atoms with Gasteiger partial charge < -0.3 is 5.73 Å². The first-order chi connectivity index (χ1) is 8.50. The molecule has 100 valence electrons. The van der Waals surface area contributed by atoms with E-state index >= 15 is 0 Å². The Balaban J connectivity index is 2.12. The van der Waals surface area contributed by atoms with Crippen LogP contribution in [0.25, 0.3) is 0 Å². The van der Waals surface area contributed by atoms with Gasteiger partial charge in [0.2, 0.25) is 0 Å². The molecule has 0 bridgehead atoms. The first kappa shape index (κ1) is 13.8. The van der Waals surface area contributed by atoms with Crippen LogP contribution in [0.15, 0.2) is 18.5 Å². The van der Waals surface area contributed by atoms with Crippen LogP contribution in [0.2, 0.25) is 5.02 Å². The van der Waals surface area contributed by atoms with E-state index in [9.17, 15) is 8.42 Å². The quantitative estimate of drug-likeness (QED) is 0.916. The Labute approximate surface area is 112 Å². The number of pyridine rings is 1. The highest BCUT2D eigenvalue weighted by atomic mass is 35.5. The van der Waals surface area contributed by atoms with Crippen LogP contribution >= 0.6 is 11.6 Å². The van der Waals surface area contributed by atoms with Gasteiger partial charge in [0.15, 0.2) is 9.84 Å². The third-order valence-corrected chi connectivity index (χ3v) is 6.12. The number of rotatable bonds is 3. The van der Waals surface area contributed by atoms with Crippen molar-refractivity contribution < 1.29 is 8.42 Å². The van der Waals surface area contributed by atoms with Crippen molar-refractivity contribution in [3.8, 4) is 0 Å². The Bertz CT molecular complexity index is 519. The molecule has 0 amide bonds. The maximum atomic E-state index is 12.0. The van der Waals surface area contributed by atoms with E-state index in [0.717, 1.165) is 18.4 Å². The van der Waals surface area contributed by atoms with E-state index in [1.165, 1.54) is 0 Å². The topological polar surface area (TPSA) is 73.0 Å². The summed E-state index contributed by atoms with van der Waals surface area (Å²) in [5, 5.41) is 0.108. The minimum Gasteiger partial charge on any atom is -0.326 e. The first-order valence-electron chi connectivity index (χ1n) is 6.06. The molecule has 4 nitrogen and oxygen atoms in total. The molecular formula is C12H17ClN2O2S. The lowest BCUT2D eigenvalue weighted by molar-refractivity contribution is 0.495. The zero-order chi connectivity index (χ0) is 13.2. The highest BCUT2D eigenvalue weighted by molar-refractivity contribution is 7.92. The molecule has 0 radical (unpaired) electrons. The van der Waals surface area contributed by atoms with Crippen LogP contribution in [0.4, 0.5) is 0 Å². The van der Waals surface area contributed by atoms with Crippen LogP contribution in [-0.2, 0) is 16.3 Å². The summed E-state index contributed by atoms with van der Waals surface area (Å²) < 4.78 is 23.9. The Morgan fingerprint density at radius 3 is 2.94 bits per heavy atom. The average molecular weight is 289 g/mol. The van der Waals surface area contributed by atoms with Gasteiger partial charge in [0.1, 0.15) is 0 Å². The molecule has 1 fully saturated rings. The van der Waals surface area contributed by atoms with Crippen LogP contribution in [0.1, 0.15) is 24.8 Å². The number of sulfone groups is 1. The van der Waals surface area contributed by atoms with Crippen molar-refractivity contribution >= 4 is 21.4 Å². The molecule has 2 heterocycles. The summed E-state index contributed by atoms with van der Waals surface area (Å²) in [6.07, 6.45) is 6.02. The predicted octanol–water partition coefficient (Wildman–Crippen LogP) is 1.57. The van der Waals surface area contributed by atoms with Crippen molar-refractivity contribution in [3.05, 3.63) is 29.0 Å². The molecule has 1 aliphatic rings. The highest BCUT2D eigenvalue weighted by Gasteiger charge is 2.33. The Morgan fingerprint density at radius 1 is 1.50 bits per heavy atom. The molecule has 0 saturated carbocycles. The van der Waals surface area contributed by atoms with Gasteiger partial charge in [-0.2, -0.15) is 0 Å². The molecule has 1 aromatic rings. The summed E-state index contributed by atoms with van der Waals surface area (Å²) in [6, 6.07) is 1.40. The Hall–Kier alpha value is -0.650. The fraction of sp³-hybridized carbons (Fsp3) is 0.583.